The maximum absolute atomic E-state index is 13.5. The van der Waals surface area contributed by atoms with Crippen molar-refractivity contribution in [1.29, 1.82) is 0 Å². The van der Waals surface area contributed by atoms with E-state index < -0.39 is 17.7 Å². The van der Waals surface area contributed by atoms with Gasteiger partial charge in [0.25, 0.3) is 5.78 Å². The van der Waals surface area contributed by atoms with Crippen molar-refractivity contribution in [2.75, 3.05) is 11.5 Å². The van der Waals surface area contributed by atoms with Crippen LogP contribution in [0.5, 0.6) is 11.5 Å². The summed E-state index contributed by atoms with van der Waals surface area (Å²) in [5.74, 6) is -1.39. The van der Waals surface area contributed by atoms with Crippen molar-refractivity contribution in [2.24, 2.45) is 0 Å². The fraction of sp³-hybridized carbons (Fsp3) is 0.194. The van der Waals surface area contributed by atoms with Gasteiger partial charge in [-0.3, -0.25) is 24.3 Å². The maximum Gasteiger partial charge on any atom is 0.301 e. The molecule has 41 heavy (non-hydrogen) atoms. The fourth-order valence-corrected chi connectivity index (χ4v) is 5.63. The molecule has 4 aromatic rings. The van der Waals surface area contributed by atoms with Crippen LogP contribution in [0, 0.1) is 6.92 Å². The Morgan fingerprint density at radius 1 is 1.02 bits per heavy atom. The third-order valence-corrected chi connectivity index (χ3v) is 7.79. The van der Waals surface area contributed by atoms with Crippen LogP contribution in [0.1, 0.15) is 51.9 Å². The van der Waals surface area contributed by atoms with Gasteiger partial charge in [0.2, 0.25) is 0 Å². The largest absolute Gasteiger partial charge is 0.507 e. The molecule has 2 aromatic carbocycles. The van der Waals surface area contributed by atoms with Gasteiger partial charge in [-0.05, 0) is 49.2 Å². The number of benzene rings is 2. The molecule has 0 saturated carbocycles. The standard InChI is InChI=1S/C31H27N3O6S/c1-4-39-24-16-22(10-11-23(24)40-17-20-8-6-5-7-9-20)26-25(27(36)21-12-14-32-15-13-21)28(37)30(38)34(26)31-33-18(2)29(41-31)19(3)35/h5-16,26,36H,4,17H2,1-3H3/b27-25+. The zero-order chi connectivity index (χ0) is 29.1. The van der Waals surface area contributed by atoms with Crippen molar-refractivity contribution in [2.45, 2.75) is 33.4 Å². The zero-order valence-electron chi connectivity index (χ0n) is 22.7. The number of anilines is 1. The summed E-state index contributed by atoms with van der Waals surface area (Å²) in [6.45, 7) is 5.58. The van der Waals surface area contributed by atoms with Gasteiger partial charge in [-0.1, -0.05) is 47.7 Å². The Kier molecular flexibility index (Phi) is 7.93. The predicted molar refractivity (Wildman–Crippen MR) is 154 cm³/mol. The van der Waals surface area contributed by atoms with Crippen LogP contribution in [0.3, 0.4) is 0 Å². The summed E-state index contributed by atoms with van der Waals surface area (Å²) in [6.07, 6.45) is 2.96. The SMILES string of the molecule is CCOc1cc(C2/C(=C(\O)c3ccncc3)C(=O)C(=O)N2c2nc(C)c(C(C)=O)s2)ccc1OCc1ccccc1. The van der Waals surface area contributed by atoms with Crippen LogP contribution >= 0.6 is 11.3 Å². The van der Waals surface area contributed by atoms with E-state index in [-0.39, 0.29) is 22.2 Å². The highest BCUT2D eigenvalue weighted by Crippen LogP contribution is 2.45. The lowest BCUT2D eigenvalue weighted by Crippen LogP contribution is -2.29. The van der Waals surface area contributed by atoms with Crippen molar-refractivity contribution in [3.05, 3.63) is 106 Å². The number of ether oxygens (including phenoxy) is 2. The van der Waals surface area contributed by atoms with E-state index in [1.54, 1.807) is 37.3 Å². The van der Waals surface area contributed by atoms with Crippen LogP contribution in [0.4, 0.5) is 5.13 Å². The number of aliphatic hydroxyl groups is 1. The topological polar surface area (TPSA) is 119 Å². The summed E-state index contributed by atoms with van der Waals surface area (Å²) in [7, 11) is 0. The van der Waals surface area contributed by atoms with Gasteiger partial charge in [0.15, 0.2) is 22.4 Å². The first-order valence-corrected chi connectivity index (χ1v) is 13.7. The van der Waals surface area contributed by atoms with Crippen molar-refractivity contribution in [3.8, 4) is 11.5 Å². The van der Waals surface area contributed by atoms with Gasteiger partial charge in [0.05, 0.1) is 28.8 Å². The highest BCUT2D eigenvalue weighted by atomic mass is 32.1. The van der Waals surface area contributed by atoms with E-state index in [1.165, 1.54) is 24.2 Å². The molecule has 1 unspecified atom stereocenters. The predicted octanol–water partition coefficient (Wildman–Crippen LogP) is 5.65. The van der Waals surface area contributed by atoms with E-state index in [9.17, 15) is 19.5 Å². The molecule has 9 nitrogen and oxygen atoms in total. The molecule has 1 atom stereocenters. The number of Topliss-reactive ketones (excluding diaryl/α,β-unsaturated/α-hetero) is 2. The molecule has 1 amide bonds. The smallest absolute Gasteiger partial charge is 0.301 e. The number of pyridine rings is 1. The summed E-state index contributed by atoms with van der Waals surface area (Å²) in [6, 6.07) is 16.9. The molecular formula is C31H27N3O6S. The molecular weight excluding hydrogens is 542 g/mol. The number of ketones is 2. The average molecular weight is 570 g/mol. The van der Waals surface area contributed by atoms with Gasteiger partial charge < -0.3 is 14.6 Å². The Labute approximate surface area is 240 Å². The number of carbonyl (C=O) groups is 3. The molecule has 0 spiro atoms. The molecule has 5 rings (SSSR count). The number of amides is 1. The Morgan fingerprint density at radius 2 is 1.76 bits per heavy atom. The van der Waals surface area contributed by atoms with Gasteiger partial charge >= 0.3 is 5.91 Å². The number of rotatable bonds is 9. The van der Waals surface area contributed by atoms with Crippen molar-refractivity contribution in [3.63, 3.8) is 0 Å². The van der Waals surface area contributed by atoms with E-state index in [4.69, 9.17) is 9.47 Å². The number of aromatic nitrogens is 2. The normalized spacial score (nSPS) is 16.2. The molecule has 1 aliphatic heterocycles. The highest BCUT2D eigenvalue weighted by molar-refractivity contribution is 7.18. The zero-order valence-corrected chi connectivity index (χ0v) is 23.5. The quantitative estimate of drug-likeness (QED) is 0.119. The van der Waals surface area contributed by atoms with Crippen molar-refractivity contribution in [1.82, 2.24) is 9.97 Å². The van der Waals surface area contributed by atoms with Gasteiger partial charge in [0, 0.05) is 24.9 Å². The second-order valence-corrected chi connectivity index (χ2v) is 10.3. The lowest BCUT2D eigenvalue weighted by atomic mass is 9.95. The van der Waals surface area contributed by atoms with Crippen LogP contribution in [0.25, 0.3) is 5.76 Å². The van der Waals surface area contributed by atoms with Crippen LogP contribution in [-0.2, 0) is 16.2 Å². The van der Waals surface area contributed by atoms with Crippen LogP contribution in [0.2, 0.25) is 0 Å². The minimum atomic E-state index is -1.05. The molecule has 208 valence electrons. The first kappa shape index (κ1) is 27.7. The molecule has 0 aliphatic carbocycles. The second-order valence-electron chi connectivity index (χ2n) is 9.29. The average Bonchev–Trinajstić information content (AvgIpc) is 3.49. The number of thiazole rings is 1. The molecule has 1 aliphatic rings. The third-order valence-electron chi connectivity index (χ3n) is 6.53. The Hall–Kier alpha value is -4.83. The summed E-state index contributed by atoms with van der Waals surface area (Å²) in [5.41, 5.74) is 2.14. The van der Waals surface area contributed by atoms with E-state index in [2.05, 4.69) is 9.97 Å². The Balaban J connectivity index is 1.64. The molecule has 0 bridgehead atoms. The lowest BCUT2D eigenvalue weighted by Gasteiger charge is -2.24. The van der Waals surface area contributed by atoms with Gasteiger partial charge in [-0.2, -0.15) is 0 Å². The van der Waals surface area contributed by atoms with Crippen LogP contribution < -0.4 is 14.4 Å². The summed E-state index contributed by atoms with van der Waals surface area (Å²) in [5, 5.41) is 11.5. The molecule has 3 heterocycles. The maximum atomic E-state index is 13.5. The molecule has 0 radical (unpaired) electrons. The van der Waals surface area contributed by atoms with E-state index in [0.717, 1.165) is 16.9 Å². The van der Waals surface area contributed by atoms with Gasteiger partial charge in [-0.15, -0.1) is 0 Å². The monoisotopic (exact) mass is 569 g/mol. The first-order valence-electron chi connectivity index (χ1n) is 12.9. The number of aliphatic hydroxyl groups excluding tert-OH is 1. The molecule has 1 saturated heterocycles. The molecule has 10 heteroatoms. The Morgan fingerprint density at radius 3 is 2.41 bits per heavy atom. The molecule has 2 aromatic heterocycles. The van der Waals surface area contributed by atoms with E-state index in [1.807, 2.05) is 37.3 Å². The van der Waals surface area contributed by atoms with E-state index >= 15 is 0 Å². The summed E-state index contributed by atoms with van der Waals surface area (Å²) >= 11 is 1.02. The van der Waals surface area contributed by atoms with Crippen molar-refractivity contribution >= 4 is 39.7 Å². The highest BCUT2D eigenvalue weighted by Gasteiger charge is 2.48. The van der Waals surface area contributed by atoms with Crippen LogP contribution in [0.15, 0.2) is 78.6 Å². The fourth-order valence-electron chi connectivity index (χ4n) is 4.64. The number of carbonyl (C=O) groups excluding carboxylic acids is 3. The Bertz CT molecular complexity index is 1650. The van der Waals surface area contributed by atoms with Crippen molar-refractivity contribution < 1.29 is 29.0 Å². The molecule has 1 N–H and O–H groups in total. The van der Waals surface area contributed by atoms with Crippen LogP contribution in [-0.4, -0.2) is 39.2 Å². The van der Waals surface area contributed by atoms with Gasteiger partial charge in [-0.25, -0.2) is 4.98 Å². The van der Waals surface area contributed by atoms with E-state index in [0.29, 0.717) is 46.4 Å². The lowest BCUT2D eigenvalue weighted by molar-refractivity contribution is -0.132. The minimum absolute atomic E-state index is 0.112. The number of hydrogen-bond acceptors (Lipinski definition) is 9. The third kappa shape index (κ3) is 5.46. The first-order chi connectivity index (χ1) is 19.8. The van der Waals surface area contributed by atoms with Gasteiger partial charge in [0.1, 0.15) is 12.4 Å². The second kappa shape index (κ2) is 11.7. The minimum Gasteiger partial charge on any atom is -0.507 e. The molecule has 1 fully saturated rings. The summed E-state index contributed by atoms with van der Waals surface area (Å²) in [4.78, 5) is 49.2. The number of aryl methyl sites for hydroxylation is 1. The number of hydrogen-bond donors (Lipinski definition) is 1. The summed E-state index contributed by atoms with van der Waals surface area (Å²) < 4.78 is 11.9. The number of nitrogens with zero attached hydrogens (tertiary/aromatic N) is 3.